The van der Waals surface area contributed by atoms with Gasteiger partial charge in [0.2, 0.25) is 5.08 Å². The van der Waals surface area contributed by atoms with Crippen LogP contribution in [0.4, 0.5) is 13.2 Å². The fourth-order valence-electron chi connectivity index (χ4n) is 0.652. The minimum Gasteiger partial charge on any atom is -0.383 e. The molecule has 5 heteroatoms. The summed E-state index contributed by atoms with van der Waals surface area (Å²) >= 11 is 2.09. The van der Waals surface area contributed by atoms with Gasteiger partial charge >= 0.3 is 5.92 Å². The van der Waals surface area contributed by atoms with Crippen molar-refractivity contribution in [3.8, 4) is 0 Å². The molecule has 0 saturated carbocycles. The summed E-state index contributed by atoms with van der Waals surface area (Å²) in [7, 11) is 0. The van der Waals surface area contributed by atoms with Crippen molar-refractivity contribution in [2.24, 2.45) is 0 Å². The van der Waals surface area contributed by atoms with Crippen molar-refractivity contribution in [2.75, 3.05) is 0 Å². The van der Waals surface area contributed by atoms with Gasteiger partial charge in [0.05, 0.1) is 0 Å². The topological polar surface area (TPSA) is 20.2 Å². The Morgan fingerprint density at radius 2 is 2.08 bits per heavy atom. The van der Waals surface area contributed by atoms with Crippen LogP contribution >= 0.6 is 15.9 Å². The molecule has 72 valence electrons. The molecule has 1 N–H and O–H groups in total. The highest BCUT2D eigenvalue weighted by Crippen LogP contribution is 2.38. The first-order valence-corrected chi connectivity index (χ1v) is 4.16. The van der Waals surface area contributed by atoms with E-state index in [4.69, 9.17) is 5.11 Å². The van der Waals surface area contributed by atoms with Crippen LogP contribution in [-0.4, -0.2) is 21.7 Å². The average Bonchev–Trinajstić information content (AvgIpc) is 1.86. The molecule has 2 atom stereocenters. The molecule has 0 aromatic carbocycles. The molecule has 0 heterocycles. The number of halogens is 4. The maximum absolute atomic E-state index is 12.8. The summed E-state index contributed by atoms with van der Waals surface area (Å²) in [6, 6.07) is 0. The van der Waals surface area contributed by atoms with Crippen LogP contribution in [-0.2, 0) is 0 Å². The van der Waals surface area contributed by atoms with Crippen molar-refractivity contribution in [2.45, 2.75) is 29.9 Å². The molecule has 12 heavy (non-hydrogen) atoms. The van der Waals surface area contributed by atoms with Gasteiger partial charge in [-0.25, -0.2) is 4.39 Å². The van der Waals surface area contributed by atoms with Gasteiger partial charge in [-0.1, -0.05) is 6.08 Å². The first kappa shape index (κ1) is 12.0. The molecule has 2 unspecified atom stereocenters. The molecule has 0 saturated heterocycles. The lowest BCUT2D eigenvalue weighted by atomic mass is 9.95. The van der Waals surface area contributed by atoms with Crippen molar-refractivity contribution in [1.82, 2.24) is 0 Å². The zero-order chi connectivity index (χ0) is 9.99. The highest BCUT2D eigenvalue weighted by Gasteiger charge is 2.53. The molecule has 0 aliphatic carbocycles. The third kappa shape index (κ3) is 2.23. The monoisotopic (exact) mass is 246 g/mol. The van der Waals surface area contributed by atoms with Crippen LogP contribution in [0.25, 0.3) is 0 Å². The molecule has 1 nitrogen and oxygen atoms in total. The SMILES string of the molecule is C=CCC(C)(O)C(F)(F)C(F)Br. The van der Waals surface area contributed by atoms with Crippen molar-refractivity contribution in [3.63, 3.8) is 0 Å². The molecule has 0 aliphatic rings. The second-order valence-electron chi connectivity index (χ2n) is 2.69. The molecule has 0 radical (unpaired) electrons. The molecule has 0 bridgehead atoms. The van der Waals surface area contributed by atoms with Crippen LogP contribution in [0.5, 0.6) is 0 Å². The molecular weight excluding hydrogens is 237 g/mol. The van der Waals surface area contributed by atoms with E-state index < -0.39 is 16.6 Å². The minimum absolute atomic E-state index is 0.369. The van der Waals surface area contributed by atoms with E-state index in [0.717, 1.165) is 13.0 Å². The van der Waals surface area contributed by atoms with E-state index in [2.05, 4.69) is 22.5 Å². The van der Waals surface area contributed by atoms with Crippen LogP contribution in [0, 0.1) is 0 Å². The van der Waals surface area contributed by atoms with Gasteiger partial charge < -0.3 is 5.11 Å². The first-order chi connectivity index (χ1) is 5.25. The van der Waals surface area contributed by atoms with Crippen LogP contribution in [0.3, 0.4) is 0 Å². The Balaban J connectivity index is 4.61. The van der Waals surface area contributed by atoms with E-state index in [0.29, 0.717) is 0 Å². The zero-order valence-electron chi connectivity index (χ0n) is 6.53. The standard InChI is InChI=1S/C7H10BrF3O/c1-3-4-6(2,12)7(10,11)5(8)9/h3,5,12H,1,4H2,2H3. The lowest BCUT2D eigenvalue weighted by Crippen LogP contribution is -2.49. The quantitative estimate of drug-likeness (QED) is 0.598. The van der Waals surface area contributed by atoms with Crippen molar-refractivity contribution < 1.29 is 18.3 Å². The predicted octanol–water partition coefficient (Wildman–Crippen LogP) is 2.64. The summed E-state index contributed by atoms with van der Waals surface area (Å²) < 4.78 is 37.9. The van der Waals surface area contributed by atoms with Crippen LogP contribution < -0.4 is 0 Å². The second kappa shape index (κ2) is 3.79. The van der Waals surface area contributed by atoms with Crippen LogP contribution in [0.2, 0.25) is 0 Å². The second-order valence-corrected chi connectivity index (χ2v) is 3.49. The zero-order valence-corrected chi connectivity index (χ0v) is 8.11. The third-order valence-electron chi connectivity index (χ3n) is 1.53. The molecule has 0 aromatic rings. The Bertz CT molecular complexity index is 168. The summed E-state index contributed by atoms with van der Waals surface area (Å²) in [6.07, 6.45) is 0.745. The Morgan fingerprint density at radius 1 is 1.67 bits per heavy atom. The van der Waals surface area contributed by atoms with Crippen LogP contribution in [0.15, 0.2) is 12.7 Å². The van der Waals surface area contributed by atoms with E-state index in [1.54, 1.807) is 0 Å². The Hall–Kier alpha value is -0.0300. The smallest absolute Gasteiger partial charge is 0.316 e. The lowest BCUT2D eigenvalue weighted by Gasteiger charge is -2.31. The van der Waals surface area contributed by atoms with E-state index in [-0.39, 0.29) is 6.42 Å². The van der Waals surface area contributed by atoms with Gasteiger partial charge in [0.15, 0.2) is 0 Å². The Kier molecular flexibility index (Phi) is 3.78. The number of alkyl halides is 4. The van der Waals surface area contributed by atoms with Gasteiger partial charge in [-0.3, -0.25) is 0 Å². The number of rotatable bonds is 4. The molecule has 0 spiro atoms. The van der Waals surface area contributed by atoms with E-state index in [1.807, 2.05) is 0 Å². The molecular formula is C7H10BrF3O. The molecule has 0 aliphatic heterocycles. The van der Waals surface area contributed by atoms with Gasteiger partial charge in [-0.15, -0.1) is 6.58 Å². The van der Waals surface area contributed by atoms with Crippen molar-refractivity contribution >= 4 is 15.9 Å². The first-order valence-electron chi connectivity index (χ1n) is 3.25. The van der Waals surface area contributed by atoms with Gasteiger partial charge in [-0.05, 0) is 29.3 Å². The fraction of sp³-hybridized carbons (Fsp3) is 0.714. The number of aliphatic hydroxyl groups is 1. The number of hydrogen-bond acceptors (Lipinski definition) is 1. The van der Waals surface area contributed by atoms with Gasteiger partial charge in [0.1, 0.15) is 5.60 Å². The Morgan fingerprint density at radius 3 is 2.33 bits per heavy atom. The third-order valence-corrected chi connectivity index (χ3v) is 2.11. The predicted molar refractivity (Wildman–Crippen MR) is 44.2 cm³/mol. The molecule has 0 rings (SSSR count). The normalized spacial score (nSPS) is 19.8. The molecule has 0 fully saturated rings. The fourth-order valence-corrected chi connectivity index (χ4v) is 1.15. The summed E-state index contributed by atoms with van der Waals surface area (Å²) in [5.74, 6) is -3.82. The molecule has 0 amide bonds. The van der Waals surface area contributed by atoms with Gasteiger partial charge in [0.25, 0.3) is 0 Å². The highest BCUT2D eigenvalue weighted by molar-refractivity contribution is 9.09. The average molecular weight is 247 g/mol. The summed E-state index contributed by atoms with van der Waals surface area (Å²) in [5, 5.41) is 6.57. The minimum atomic E-state index is -3.82. The number of hydrogen-bond donors (Lipinski definition) is 1. The molecule has 0 aromatic heterocycles. The van der Waals surface area contributed by atoms with Crippen molar-refractivity contribution in [3.05, 3.63) is 12.7 Å². The summed E-state index contributed by atoms with van der Waals surface area (Å²) in [6.45, 7) is 4.05. The van der Waals surface area contributed by atoms with Gasteiger partial charge in [0, 0.05) is 0 Å². The van der Waals surface area contributed by atoms with Crippen molar-refractivity contribution in [1.29, 1.82) is 0 Å². The van der Waals surface area contributed by atoms with Gasteiger partial charge in [-0.2, -0.15) is 8.78 Å². The van der Waals surface area contributed by atoms with E-state index in [9.17, 15) is 13.2 Å². The lowest BCUT2D eigenvalue weighted by molar-refractivity contribution is -0.184. The maximum atomic E-state index is 12.8. The summed E-state index contributed by atoms with van der Waals surface area (Å²) in [5.41, 5.74) is -2.41. The van der Waals surface area contributed by atoms with E-state index >= 15 is 0 Å². The maximum Gasteiger partial charge on any atom is 0.316 e. The van der Waals surface area contributed by atoms with E-state index in [1.165, 1.54) is 0 Å². The highest BCUT2D eigenvalue weighted by atomic mass is 79.9. The van der Waals surface area contributed by atoms with Crippen LogP contribution in [0.1, 0.15) is 13.3 Å². The Labute approximate surface area is 77.4 Å². The summed E-state index contributed by atoms with van der Waals surface area (Å²) in [4.78, 5) is 0. The largest absolute Gasteiger partial charge is 0.383 e.